The molecule has 0 amide bonds. The summed E-state index contributed by atoms with van der Waals surface area (Å²) in [7, 11) is 2.53. The van der Waals surface area contributed by atoms with Gasteiger partial charge in [-0.2, -0.15) is 0 Å². The van der Waals surface area contributed by atoms with Gasteiger partial charge >= 0.3 is 0 Å². The minimum atomic E-state index is 1.23. The fourth-order valence-electron chi connectivity index (χ4n) is 0.795. The van der Waals surface area contributed by atoms with E-state index in [0.29, 0.717) is 0 Å². The van der Waals surface area contributed by atoms with Gasteiger partial charge in [0.2, 0.25) is 0 Å². The van der Waals surface area contributed by atoms with Crippen LogP contribution in [0.5, 0.6) is 0 Å². The van der Waals surface area contributed by atoms with Crippen molar-refractivity contribution in [1.29, 1.82) is 0 Å². The molecule has 0 aliphatic carbocycles. The van der Waals surface area contributed by atoms with E-state index < -0.39 is 0 Å². The Balaban J connectivity index is 2.64. The maximum Gasteiger partial charge on any atom is -0.0257 e. The number of rotatable bonds is 2. The first kappa shape index (κ1) is 8.23. The van der Waals surface area contributed by atoms with E-state index in [0.717, 1.165) is 0 Å². The molecule has 0 N–H and O–H groups in total. The summed E-state index contributed by atoms with van der Waals surface area (Å²) in [6.07, 6.45) is 6.07. The monoisotopic (exact) mass is 162 g/mol. The highest BCUT2D eigenvalue weighted by Gasteiger charge is 1.78. The molecule has 11 heavy (non-hydrogen) atoms. The maximum atomic E-state index is 2.53. The van der Waals surface area contributed by atoms with Crippen LogP contribution in [0.4, 0.5) is 0 Å². The van der Waals surface area contributed by atoms with Crippen molar-refractivity contribution in [2.45, 2.75) is 0 Å². The van der Waals surface area contributed by atoms with Crippen LogP contribution in [0.1, 0.15) is 5.56 Å². The second-order valence-electron chi connectivity index (χ2n) is 2.15. The largest absolute Gasteiger partial charge is 0.114 e. The molecular weight excluding hydrogens is 151 g/mol. The minimum Gasteiger partial charge on any atom is -0.114 e. The number of hydrogen-bond acceptors (Lipinski definition) is 0. The van der Waals surface area contributed by atoms with Gasteiger partial charge in [-0.15, -0.1) is 9.24 Å². The van der Waals surface area contributed by atoms with Crippen LogP contribution in [0.25, 0.3) is 6.08 Å². The lowest BCUT2D eigenvalue weighted by Crippen LogP contribution is -1.65. The SMILES string of the molecule is PC=CC=Cc1ccccc1. The molecule has 56 valence electrons. The van der Waals surface area contributed by atoms with E-state index in [1.165, 1.54) is 5.56 Å². The van der Waals surface area contributed by atoms with Crippen LogP contribution in [-0.2, 0) is 0 Å². The first-order chi connectivity index (χ1) is 5.43. The third-order valence-electron chi connectivity index (χ3n) is 1.31. The summed E-state index contributed by atoms with van der Waals surface area (Å²) >= 11 is 0. The Bertz CT molecular complexity index is 247. The summed E-state index contributed by atoms with van der Waals surface area (Å²) in [6, 6.07) is 10.2. The van der Waals surface area contributed by atoms with E-state index in [4.69, 9.17) is 0 Å². The van der Waals surface area contributed by atoms with E-state index in [9.17, 15) is 0 Å². The number of benzene rings is 1. The predicted octanol–water partition coefficient (Wildman–Crippen LogP) is 3.09. The highest BCUT2D eigenvalue weighted by Crippen LogP contribution is 2.00. The van der Waals surface area contributed by atoms with Crippen LogP contribution in [0.2, 0.25) is 0 Å². The first-order valence-corrected chi connectivity index (χ1v) is 4.20. The summed E-state index contributed by atoms with van der Waals surface area (Å²) in [5.41, 5.74) is 1.23. The van der Waals surface area contributed by atoms with Gasteiger partial charge in [-0.25, -0.2) is 0 Å². The van der Waals surface area contributed by atoms with Crippen molar-refractivity contribution >= 4 is 15.3 Å². The zero-order valence-corrected chi connectivity index (χ0v) is 7.43. The third kappa shape index (κ3) is 3.15. The summed E-state index contributed by atoms with van der Waals surface area (Å²) in [5, 5.41) is 0. The van der Waals surface area contributed by atoms with Crippen LogP contribution in [0.15, 0.2) is 48.3 Å². The van der Waals surface area contributed by atoms with Crippen LogP contribution in [0, 0.1) is 0 Å². The summed E-state index contributed by atoms with van der Waals surface area (Å²) in [5.74, 6) is 1.93. The quantitative estimate of drug-likeness (QED) is 0.463. The van der Waals surface area contributed by atoms with E-state index in [1.807, 2.05) is 36.2 Å². The van der Waals surface area contributed by atoms with Crippen molar-refractivity contribution in [3.63, 3.8) is 0 Å². The molecule has 0 bridgehead atoms. The molecule has 1 rings (SSSR count). The number of allylic oxidation sites excluding steroid dienone is 2. The van der Waals surface area contributed by atoms with Crippen molar-refractivity contribution < 1.29 is 0 Å². The van der Waals surface area contributed by atoms with E-state index in [1.54, 1.807) is 0 Å². The second-order valence-corrected chi connectivity index (χ2v) is 2.54. The van der Waals surface area contributed by atoms with Crippen LogP contribution >= 0.6 is 9.24 Å². The van der Waals surface area contributed by atoms with E-state index >= 15 is 0 Å². The lowest BCUT2D eigenvalue weighted by molar-refractivity contribution is 1.66. The molecule has 0 saturated carbocycles. The molecule has 0 radical (unpaired) electrons. The van der Waals surface area contributed by atoms with Gasteiger partial charge < -0.3 is 0 Å². The Morgan fingerprint density at radius 1 is 1.00 bits per heavy atom. The molecule has 0 aliphatic rings. The smallest absolute Gasteiger partial charge is 0.0257 e. The van der Waals surface area contributed by atoms with Gasteiger partial charge in [-0.05, 0) is 5.56 Å². The molecule has 0 spiro atoms. The van der Waals surface area contributed by atoms with Gasteiger partial charge in [0.05, 0.1) is 0 Å². The second kappa shape index (κ2) is 4.87. The molecule has 0 saturated heterocycles. The van der Waals surface area contributed by atoms with Gasteiger partial charge in [-0.1, -0.05) is 54.4 Å². The highest BCUT2D eigenvalue weighted by atomic mass is 31.0. The zero-order valence-electron chi connectivity index (χ0n) is 6.27. The van der Waals surface area contributed by atoms with Crippen molar-refractivity contribution in [3.05, 3.63) is 53.9 Å². The Kier molecular flexibility index (Phi) is 3.64. The molecule has 1 aromatic carbocycles. The lowest BCUT2D eigenvalue weighted by atomic mass is 10.2. The maximum absolute atomic E-state index is 2.53. The fraction of sp³-hybridized carbons (Fsp3) is 0. The summed E-state index contributed by atoms with van der Waals surface area (Å²) < 4.78 is 0. The predicted molar refractivity (Wildman–Crippen MR) is 54.3 cm³/mol. The lowest BCUT2D eigenvalue weighted by Gasteiger charge is -1.87. The van der Waals surface area contributed by atoms with Crippen LogP contribution < -0.4 is 0 Å². The zero-order chi connectivity index (χ0) is 7.94. The molecule has 1 heteroatoms. The van der Waals surface area contributed by atoms with Crippen molar-refractivity contribution in [1.82, 2.24) is 0 Å². The molecular formula is C10H11P. The van der Waals surface area contributed by atoms with Gasteiger partial charge in [-0.3, -0.25) is 0 Å². The van der Waals surface area contributed by atoms with Crippen LogP contribution in [0.3, 0.4) is 0 Å². The van der Waals surface area contributed by atoms with Gasteiger partial charge in [0.1, 0.15) is 0 Å². The van der Waals surface area contributed by atoms with Crippen LogP contribution in [-0.4, -0.2) is 0 Å². The molecule has 1 unspecified atom stereocenters. The molecule has 1 atom stereocenters. The molecule has 0 fully saturated rings. The Morgan fingerprint density at radius 3 is 2.36 bits per heavy atom. The fourth-order valence-corrected chi connectivity index (χ4v) is 0.923. The molecule has 0 nitrogen and oxygen atoms in total. The Labute approximate surface area is 69.8 Å². The Hall–Kier alpha value is -0.870. The van der Waals surface area contributed by atoms with Crippen molar-refractivity contribution in [2.24, 2.45) is 0 Å². The van der Waals surface area contributed by atoms with E-state index in [2.05, 4.69) is 27.4 Å². The van der Waals surface area contributed by atoms with Gasteiger partial charge in [0.25, 0.3) is 0 Å². The Morgan fingerprint density at radius 2 is 1.73 bits per heavy atom. The molecule has 0 aliphatic heterocycles. The third-order valence-corrected chi connectivity index (χ3v) is 1.53. The average Bonchev–Trinajstić information content (AvgIpc) is 2.07. The average molecular weight is 162 g/mol. The van der Waals surface area contributed by atoms with E-state index in [-0.39, 0.29) is 0 Å². The highest BCUT2D eigenvalue weighted by molar-refractivity contribution is 7.20. The molecule has 0 heterocycles. The number of hydrogen-bond donors (Lipinski definition) is 0. The minimum absolute atomic E-state index is 1.23. The topological polar surface area (TPSA) is 0 Å². The standard InChI is InChI=1S/C10H11P/c11-9-5-4-8-10-6-2-1-3-7-10/h1-9H,11H2. The molecule has 1 aromatic rings. The normalized spacial score (nSPS) is 11.4. The van der Waals surface area contributed by atoms with Gasteiger partial charge in [0, 0.05) is 0 Å². The first-order valence-electron chi connectivity index (χ1n) is 3.53. The summed E-state index contributed by atoms with van der Waals surface area (Å²) in [4.78, 5) is 0. The summed E-state index contributed by atoms with van der Waals surface area (Å²) in [6.45, 7) is 0. The van der Waals surface area contributed by atoms with Crippen molar-refractivity contribution in [3.8, 4) is 0 Å². The molecule has 0 aromatic heterocycles. The van der Waals surface area contributed by atoms with Crippen molar-refractivity contribution in [2.75, 3.05) is 0 Å². The van der Waals surface area contributed by atoms with Gasteiger partial charge in [0.15, 0.2) is 0 Å².